The predicted molar refractivity (Wildman–Crippen MR) is 93.8 cm³/mol. The number of hydrogen-bond acceptors (Lipinski definition) is 3. The van der Waals surface area contributed by atoms with Crippen molar-refractivity contribution < 1.29 is 14.3 Å². The Labute approximate surface area is 140 Å². The fourth-order valence-corrected chi connectivity index (χ4v) is 2.82. The third-order valence-electron chi connectivity index (χ3n) is 4.10. The van der Waals surface area contributed by atoms with Crippen LogP contribution in [0.4, 0.5) is 0 Å². The normalized spacial score (nSPS) is 14.3. The Kier molecular flexibility index (Phi) is 6.15. The molecular formula is C20H30O3. The van der Waals surface area contributed by atoms with Crippen LogP contribution in [0.15, 0.2) is 12.1 Å². The topological polar surface area (TPSA) is 43.4 Å². The van der Waals surface area contributed by atoms with Crippen molar-refractivity contribution in [3.8, 4) is 0 Å². The van der Waals surface area contributed by atoms with E-state index in [1.807, 2.05) is 67.5 Å². The lowest BCUT2D eigenvalue weighted by atomic mass is 9.86. The number of rotatable bonds is 5. The molecule has 0 N–H and O–H groups in total. The largest absolute Gasteiger partial charge is 0.460 e. The van der Waals surface area contributed by atoms with Crippen molar-refractivity contribution in [3.05, 3.63) is 34.4 Å². The minimum Gasteiger partial charge on any atom is -0.460 e. The van der Waals surface area contributed by atoms with Crippen LogP contribution in [0.25, 0.3) is 0 Å². The number of aryl methyl sites for hydroxylation is 3. The van der Waals surface area contributed by atoms with Gasteiger partial charge in [-0.3, -0.25) is 9.59 Å². The molecule has 1 aromatic carbocycles. The quantitative estimate of drug-likeness (QED) is 0.578. The maximum absolute atomic E-state index is 12.7. The van der Waals surface area contributed by atoms with E-state index >= 15 is 0 Å². The van der Waals surface area contributed by atoms with Gasteiger partial charge < -0.3 is 4.74 Å². The number of benzene rings is 1. The molecule has 0 bridgehead atoms. The van der Waals surface area contributed by atoms with Gasteiger partial charge in [0.25, 0.3) is 0 Å². The summed E-state index contributed by atoms with van der Waals surface area (Å²) in [6.45, 7) is 15.3. The van der Waals surface area contributed by atoms with E-state index in [9.17, 15) is 9.59 Å². The molecule has 0 amide bonds. The van der Waals surface area contributed by atoms with Gasteiger partial charge in [-0.1, -0.05) is 31.5 Å². The summed E-state index contributed by atoms with van der Waals surface area (Å²) in [7, 11) is 0. The highest BCUT2D eigenvalue weighted by atomic mass is 16.6. The molecule has 23 heavy (non-hydrogen) atoms. The van der Waals surface area contributed by atoms with Crippen LogP contribution in [0.1, 0.15) is 68.1 Å². The average Bonchev–Trinajstić information content (AvgIpc) is 2.34. The molecule has 0 aliphatic carbocycles. The van der Waals surface area contributed by atoms with Gasteiger partial charge in [-0.05, 0) is 58.6 Å². The van der Waals surface area contributed by atoms with Crippen LogP contribution in [-0.2, 0) is 9.53 Å². The van der Waals surface area contributed by atoms with Gasteiger partial charge in [0.05, 0.1) is 5.92 Å². The standard InChI is InChI=1S/C20H30O3/c1-12-9-14(3)18(15(4)10-12)17(21)11-13(2)16(5)19(22)23-20(6,7)8/h9-10,13,16H,11H2,1-8H3/t13-,16-/m1/s1. The summed E-state index contributed by atoms with van der Waals surface area (Å²) < 4.78 is 5.42. The Morgan fingerprint density at radius 1 is 1.04 bits per heavy atom. The zero-order valence-electron chi connectivity index (χ0n) is 15.7. The van der Waals surface area contributed by atoms with Crippen molar-refractivity contribution >= 4 is 11.8 Å². The summed E-state index contributed by atoms with van der Waals surface area (Å²) in [6, 6.07) is 4.06. The van der Waals surface area contributed by atoms with E-state index in [-0.39, 0.29) is 23.6 Å². The van der Waals surface area contributed by atoms with E-state index in [0.717, 1.165) is 22.3 Å². The Hall–Kier alpha value is -1.64. The molecule has 0 unspecified atom stereocenters. The second kappa shape index (κ2) is 7.29. The molecule has 1 rings (SSSR count). The predicted octanol–water partition coefficient (Wildman–Crippen LogP) is 4.80. The summed E-state index contributed by atoms with van der Waals surface area (Å²) in [5.74, 6) is -0.500. The molecule has 0 aliphatic heterocycles. The molecule has 0 heterocycles. The lowest BCUT2D eigenvalue weighted by Gasteiger charge is -2.25. The van der Waals surface area contributed by atoms with Crippen LogP contribution in [0, 0.1) is 32.6 Å². The van der Waals surface area contributed by atoms with Crippen molar-refractivity contribution in [1.82, 2.24) is 0 Å². The molecule has 0 radical (unpaired) electrons. The van der Waals surface area contributed by atoms with Crippen molar-refractivity contribution in [2.24, 2.45) is 11.8 Å². The van der Waals surface area contributed by atoms with Gasteiger partial charge in [0.15, 0.2) is 5.78 Å². The summed E-state index contributed by atoms with van der Waals surface area (Å²) in [5, 5.41) is 0. The van der Waals surface area contributed by atoms with Crippen LogP contribution in [-0.4, -0.2) is 17.4 Å². The van der Waals surface area contributed by atoms with Crippen LogP contribution < -0.4 is 0 Å². The molecule has 128 valence electrons. The monoisotopic (exact) mass is 318 g/mol. The third kappa shape index (κ3) is 5.49. The maximum atomic E-state index is 12.7. The first-order valence-electron chi connectivity index (χ1n) is 8.26. The molecule has 2 atom stereocenters. The number of carbonyl (C=O) groups is 2. The molecule has 3 heteroatoms. The number of ether oxygens (including phenoxy) is 1. The molecule has 0 spiro atoms. The molecular weight excluding hydrogens is 288 g/mol. The summed E-state index contributed by atoms with van der Waals surface area (Å²) in [5.41, 5.74) is 3.46. The smallest absolute Gasteiger partial charge is 0.309 e. The number of carbonyl (C=O) groups excluding carboxylic acids is 2. The number of Topliss-reactive ketones (excluding diaryl/α,β-unsaturated/α-hetero) is 1. The van der Waals surface area contributed by atoms with E-state index in [1.54, 1.807) is 0 Å². The number of ketones is 1. The van der Waals surface area contributed by atoms with E-state index in [2.05, 4.69) is 0 Å². The minimum atomic E-state index is -0.501. The van der Waals surface area contributed by atoms with Crippen LogP contribution in [0.3, 0.4) is 0 Å². The van der Waals surface area contributed by atoms with Gasteiger partial charge >= 0.3 is 5.97 Å². The van der Waals surface area contributed by atoms with Crippen LogP contribution in [0.2, 0.25) is 0 Å². The first-order valence-corrected chi connectivity index (χ1v) is 8.26. The molecule has 0 aromatic heterocycles. The van der Waals surface area contributed by atoms with Crippen molar-refractivity contribution in [2.75, 3.05) is 0 Å². The highest BCUT2D eigenvalue weighted by Gasteiger charge is 2.28. The molecule has 0 saturated carbocycles. The Morgan fingerprint density at radius 3 is 1.96 bits per heavy atom. The first-order chi connectivity index (χ1) is 10.4. The van der Waals surface area contributed by atoms with E-state index < -0.39 is 5.60 Å². The second-order valence-corrected chi connectivity index (χ2v) is 7.70. The van der Waals surface area contributed by atoms with Crippen molar-refractivity contribution in [1.29, 1.82) is 0 Å². The Morgan fingerprint density at radius 2 is 1.52 bits per heavy atom. The maximum Gasteiger partial charge on any atom is 0.309 e. The lowest BCUT2D eigenvalue weighted by Crippen LogP contribution is -2.31. The summed E-state index contributed by atoms with van der Waals surface area (Å²) in [6.07, 6.45) is 0.352. The fraction of sp³-hybridized carbons (Fsp3) is 0.600. The molecule has 0 saturated heterocycles. The molecule has 1 aromatic rings. The summed E-state index contributed by atoms with van der Waals surface area (Å²) >= 11 is 0. The van der Waals surface area contributed by atoms with Crippen molar-refractivity contribution in [3.63, 3.8) is 0 Å². The highest BCUT2D eigenvalue weighted by molar-refractivity contribution is 5.99. The molecule has 3 nitrogen and oxygen atoms in total. The fourth-order valence-electron chi connectivity index (χ4n) is 2.82. The van der Waals surface area contributed by atoms with E-state index in [0.29, 0.717) is 6.42 Å². The SMILES string of the molecule is Cc1cc(C)c(C(=O)C[C@@H](C)[C@@H](C)C(=O)OC(C)(C)C)c(C)c1. The number of esters is 1. The Bertz CT molecular complexity index is 570. The van der Waals surface area contributed by atoms with Gasteiger partial charge in [-0.15, -0.1) is 0 Å². The summed E-state index contributed by atoms with van der Waals surface area (Å²) in [4.78, 5) is 24.8. The van der Waals surface area contributed by atoms with Crippen molar-refractivity contribution in [2.45, 2.75) is 67.4 Å². The number of hydrogen-bond donors (Lipinski definition) is 0. The zero-order valence-corrected chi connectivity index (χ0v) is 15.7. The second-order valence-electron chi connectivity index (χ2n) is 7.70. The average molecular weight is 318 g/mol. The van der Waals surface area contributed by atoms with Crippen LogP contribution >= 0.6 is 0 Å². The first kappa shape index (κ1) is 19.4. The molecule has 0 fully saturated rings. The van der Waals surface area contributed by atoms with Gasteiger partial charge in [-0.2, -0.15) is 0 Å². The van der Waals surface area contributed by atoms with Gasteiger partial charge in [0.2, 0.25) is 0 Å². The zero-order chi connectivity index (χ0) is 17.9. The Balaban J connectivity index is 2.83. The third-order valence-corrected chi connectivity index (χ3v) is 4.10. The van der Waals surface area contributed by atoms with Gasteiger partial charge in [-0.25, -0.2) is 0 Å². The van der Waals surface area contributed by atoms with Gasteiger partial charge in [0, 0.05) is 12.0 Å². The highest BCUT2D eigenvalue weighted by Crippen LogP contribution is 2.24. The minimum absolute atomic E-state index is 0.0579. The molecule has 0 aliphatic rings. The van der Waals surface area contributed by atoms with E-state index in [4.69, 9.17) is 4.74 Å². The van der Waals surface area contributed by atoms with Crippen LogP contribution in [0.5, 0.6) is 0 Å². The van der Waals surface area contributed by atoms with E-state index in [1.165, 1.54) is 0 Å². The lowest BCUT2D eigenvalue weighted by molar-refractivity contribution is -0.161. The van der Waals surface area contributed by atoms with Gasteiger partial charge in [0.1, 0.15) is 5.60 Å².